The SMILES string of the molecule is COc1cc(C(Cl)c2cc(C)cc(Cl)c2)c(OC)cc1Br. The van der Waals surface area contributed by atoms with E-state index in [1.165, 1.54) is 0 Å². The molecule has 0 spiro atoms. The summed E-state index contributed by atoms with van der Waals surface area (Å²) in [5.41, 5.74) is 2.82. The third kappa shape index (κ3) is 3.65. The highest BCUT2D eigenvalue weighted by atomic mass is 79.9. The largest absolute Gasteiger partial charge is 0.496 e. The van der Waals surface area contributed by atoms with E-state index < -0.39 is 0 Å². The molecule has 0 fully saturated rings. The van der Waals surface area contributed by atoms with Gasteiger partial charge in [-0.1, -0.05) is 17.7 Å². The van der Waals surface area contributed by atoms with Crippen molar-refractivity contribution < 1.29 is 9.47 Å². The zero-order valence-corrected chi connectivity index (χ0v) is 15.0. The Morgan fingerprint density at radius 2 is 1.67 bits per heavy atom. The number of aryl methyl sites for hydroxylation is 1. The van der Waals surface area contributed by atoms with Gasteiger partial charge < -0.3 is 9.47 Å². The predicted octanol–water partition coefficient (Wildman–Crippen LogP) is 5.76. The van der Waals surface area contributed by atoms with Crippen LogP contribution in [-0.4, -0.2) is 14.2 Å². The van der Waals surface area contributed by atoms with Crippen molar-refractivity contribution in [3.05, 3.63) is 56.5 Å². The number of alkyl halides is 1. The maximum atomic E-state index is 6.63. The molecule has 0 aliphatic heterocycles. The van der Waals surface area contributed by atoms with E-state index in [4.69, 9.17) is 32.7 Å². The molecule has 1 atom stereocenters. The van der Waals surface area contributed by atoms with Gasteiger partial charge in [-0.15, -0.1) is 11.6 Å². The lowest BCUT2D eigenvalue weighted by atomic mass is 10.0. The van der Waals surface area contributed by atoms with Crippen molar-refractivity contribution in [1.29, 1.82) is 0 Å². The first kappa shape index (κ1) is 16.5. The molecule has 2 aromatic rings. The van der Waals surface area contributed by atoms with E-state index >= 15 is 0 Å². The minimum absolute atomic E-state index is 0.376. The van der Waals surface area contributed by atoms with E-state index in [1.54, 1.807) is 14.2 Å². The first-order valence-corrected chi connectivity index (χ1v) is 7.89. The van der Waals surface area contributed by atoms with Crippen LogP contribution in [0.4, 0.5) is 0 Å². The average molecular weight is 390 g/mol. The van der Waals surface area contributed by atoms with Crippen LogP contribution in [0.25, 0.3) is 0 Å². The quantitative estimate of drug-likeness (QED) is 0.619. The zero-order valence-electron chi connectivity index (χ0n) is 11.9. The Balaban J connectivity index is 2.53. The van der Waals surface area contributed by atoms with Crippen molar-refractivity contribution in [2.75, 3.05) is 14.2 Å². The molecule has 2 nitrogen and oxygen atoms in total. The van der Waals surface area contributed by atoms with Crippen LogP contribution in [0.1, 0.15) is 22.1 Å². The number of methoxy groups -OCH3 is 2. The maximum absolute atomic E-state index is 6.63. The summed E-state index contributed by atoms with van der Waals surface area (Å²) in [5, 5.41) is 0.290. The van der Waals surface area contributed by atoms with Crippen molar-refractivity contribution in [3.63, 3.8) is 0 Å². The van der Waals surface area contributed by atoms with Gasteiger partial charge in [0.1, 0.15) is 11.5 Å². The van der Waals surface area contributed by atoms with Crippen LogP contribution < -0.4 is 9.47 Å². The summed E-state index contributed by atoms with van der Waals surface area (Å²) >= 11 is 16.2. The van der Waals surface area contributed by atoms with Crippen LogP contribution >= 0.6 is 39.1 Å². The molecule has 2 aromatic carbocycles. The lowest BCUT2D eigenvalue weighted by Crippen LogP contribution is -2.00. The first-order chi connectivity index (χ1) is 9.96. The smallest absolute Gasteiger partial charge is 0.133 e. The summed E-state index contributed by atoms with van der Waals surface area (Å²) in [4.78, 5) is 0. The second kappa shape index (κ2) is 6.91. The lowest BCUT2D eigenvalue weighted by Gasteiger charge is -2.17. The maximum Gasteiger partial charge on any atom is 0.133 e. The van der Waals surface area contributed by atoms with Crippen molar-refractivity contribution in [1.82, 2.24) is 0 Å². The van der Waals surface area contributed by atoms with Crippen LogP contribution in [0.3, 0.4) is 0 Å². The minimum Gasteiger partial charge on any atom is -0.496 e. The monoisotopic (exact) mass is 388 g/mol. The van der Waals surface area contributed by atoms with Crippen LogP contribution in [0.5, 0.6) is 11.5 Å². The fourth-order valence-corrected chi connectivity index (χ4v) is 3.25. The summed E-state index contributed by atoms with van der Waals surface area (Å²) in [5.74, 6) is 1.40. The Morgan fingerprint density at radius 3 is 2.24 bits per heavy atom. The van der Waals surface area contributed by atoms with Gasteiger partial charge in [-0.25, -0.2) is 0 Å². The molecule has 0 amide bonds. The molecule has 0 aromatic heterocycles. The molecule has 0 saturated carbocycles. The Labute approximate surface area is 143 Å². The van der Waals surface area contributed by atoms with E-state index in [9.17, 15) is 0 Å². The molecule has 2 rings (SSSR count). The molecule has 0 saturated heterocycles. The van der Waals surface area contributed by atoms with Crippen molar-refractivity contribution in [2.45, 2.75) is 12.3 Å². The number of rotatable bonds is 4. The van der Waals surface area contributed by atoms with Crippen LogP contribution in [0.2, 0.25) is 5.02 Å². The fraction of sp³-hybridized carbons (Fsp3) is 0.250. The summed E-state index contributed by atoms with van der Waals surface area (Å²) < 4.78 is 11.6. The summed E-state index contributed by atoms with van der Waals surface area (Å²) in [6.45, 7) is 1.98. The first-order valence-electron chi connectivity index (χ1n) is 6.29. The highest BCUT2D eigenvalue weighted by Gasteiger charge is 2.19. The van der Waals surface area contributed by atoms with Crippen LogP contribution in [0.15, 0.2) is 34.8 Å². The van der Waals surface area contributed by atoms with Crippen molar-refractivity contribution in [3.8, 4) is 11.5 Å². The van der Waals surface area contributed by atoms with Crippen molar-refractivity contribution >= 4 is 39.1 Å². The van der Waals surface area contributed by atoms with E-state index in [-0.39, 0.29) is 5.38 Å². The highest BCUT2D eigenvalue weighted by Crippen LogP contribution is 2.41. The summed E-state index contributed by atoms with van der Waals surface area (Å²) in [6.07, 6.45) is 0. The summed E-state index contributed by atoms with van der Waals surface area (Å²) in [7, 11) is 3.23. The Bertz CT molecular complexity index is 639. The molecule has 0 N–H and O–H groups in total. The number of benzene rings is 2. The van der Waals surface area contributed by atoms with Crippen LogP contribution in [0, 0.1) is 6.92 Å². The molecule has 0 radical (unpaired) electrons. The molecule has 112 valence electrons. The molecule has 0 aliphatic carbocycles. The topological polar surface area (TPSA) is 18.5 Å². The fourth-order valence-electron chi connectivity index (χ4n) is 2.17. The molecule has 21 heavy (non-hydrogen) atoms. The van der Waals surface area contributed by atoms with Gasteiger partial charge in [-0.2, -0.15) is 0 Å². The van der Waals surface area contributed by atoms with Gasteiger partial charge in [-0.3, -0.25) is 0 Å². The van der Waals surface area contributed by atoms with Gasteiger partial charge in [0, 0.05) is 10.6 Å². The predicted molar refractivity (Wildman–Crippen MR) is 91.1 cm³/mol. The minimum atomic E-state index is -0.376. The summed E-state index contributed by atoms with van der Waals surface area (Å²) in [6, 6.07) is 9.49. The van der Waals surface area contributed by atoms with Gasteiger partial charge in [0.2, 0.25) is 0 Å². The third-order valence-electron chi connectivity index (χ3n) is 3.13. The Morgan fingerprint density at radius 1 is 1.00 bits per heavy atom. The van der Waals surface area contributed by atoms with E-state index in [0.717, 1.165) is 21.2 Å². The molecular formula is C16H15BrCl2O2. The number of hydrogen-bond donors (Lipinski definition) is 0. The van der Waals surface area contributed by atoms with E-state index in [2.05, 4.69) is 15.9 Å². The molecule has 1 unspecified atom stereocenters. The van der Waals surface area contributed by atoms with E-state index in [1.807, 2.05) is 37.3 Å². The van der Waals surface area contributed by atoms with Crippen LogP contribution in [-0.2, 0) is 0 Å². The average Bonchev–Trinajstić information content (AvgIpc) is 2.45. The van der Waals surface area contributed by atoms with Crippen molar-refractivity contribution in [2.24, 2.45) is 0 Å². The van der Waals surface area contributed by atoms with Gasteiger partial charge in [-0.05, 0) is 58.2 Å². The number of hydrogen-bond acceptors (Lipinski definition) is 2. The number of halogens is 3. The normalized spacial score (nSPS) is 12.1. The molecule has 0 bridgehead atoms. The highest BCUT2D eigenvalue weighted by molar-refractivity contribution is 9.10. The second-order valence-corrected chi connectivity index (χ2v) is 6.38. The lowest BCUT2D eigenvalue weighted by molar-refractivity contribution is 0.397. The van der Waals surface area contributed by atoms with Gasteiger partial charge in [0.05, 0.1) is 24.1 Å². The van der Waals surface area contributed by atoms with E-state index in [0.29, 0.717) is 16.5 Å². The Kier molecular flexibility index (Phi) is 5.42. The molecular weight excluding hydrogens is 375 g/mol. The molecule has 0 aliphatic rings. The van der Waals surface area contributed by atoms with Gasteiger partial charge >= 0.3 is 0 Å². The second-order valence-electron chi connectivity index (χ2n) is 4.65. The zero-order chi connectivity index (χ0) is 15.6. The molecule has 5 heteroatoms. The standard InChI is InChI=1S/C16H15BrCl2O2/c1-9-4-10(6-11(18)5-9)16(19)12-7-15(21-3)13(17)8-14(12)20-2/h4-8,16H,1-3H3. The Hall–Kier alpha value is -0.900. The van der Waals surface area contributed by atoms with Gasteiger partial charge in [0.15, 0.2) is 0 Å². The number of ether oxygens (including phenoxy) is 2. The third-order valence-corrected chi connectivity index (χ3v) is 4.46. The van der Waals surface area contributed by atoms with Gasteiger partial charge in [0.25, 0.3) is 0 Å². The molecule has 0 heterocycles.